The fourth-order valence-electron chi connectivity index (χ4n) is 9.35. The van der Waals surface area contributed by atoms with Crippen LogP contribution in [0.15, 0.2) is 40.5 Å². The maximum absolute atomic E-state index is 15.6. The van der Waals surface area contributed by atoms with Gasteiger partial charge in [-0.2, -0.15) is 13.2 Å². The average molecular weight is 912 g/mol. The van der Waals surface area contributed by atoms with E-state index in [0.717, 1.165) is 17.9 Å². The number of nitrogens with one attached hydrogen (secondary N) is 1. The summed E-state index contributed by atoms with van der Waals surface area (Å²) in [5, 5.41) is 41.5. The van der Waals surface area contributed by atoms with Gasteiger partial charge in [0, 0.05) is 49.9 Å². The lowest BCUT2D eigenvalue weighted by Gasteiger charge is -2.67. The van der Waals surface area contributed by atoms with E-state index in [4.69, 9.17) is 34.0 Å². The van der Waals surface area contributed by atoms with E-state index in [1.54, 1.807) is 0 Å². The van der Waals surface area contributed by atoms with Gasteiger partial charge >= 0.3 is 36.3 Å². The number of halogens is 3. The molecule has 1 aliphatic heterocycles. The van der Waals surface area contributed by atoms with Crippen molar-refractivity contribution in [3.05, 3.63) is 51.4 Å². The molecule has 352 valence electrons. The smallest absolute Gasteiger partial charge is 0.411 e. The van der Waals surface area contributed by atoms with E-state index < -0.39 is 131 Å². The number of hydrogen-bond donors (Lipinski definition) is 4. The Kier molecular flexibility index (Phi) is 13.3. The molecule has 4 aliphatic rings. The molecular formula is C41H52F3N5O15. The van der Waals surface area contributed by atoms with E-state index in [9.17, 15) is 52.5 Å². The van der Waals surface area contributed by atoms with Crippen LogP contribution in [0.25, 0.3) is 10.4 Å². The normalized spacial score (nSPS) is 31.7. The molecule has 0 aromatic heterocycles. The number of carbonyl (C=O) groups excluding carboxylic acids is 6. The number of carbonyl (C=O) groups is 6. The number of ketones is 1. The number of hydrogen-bond acceptors (Lipinski definition) is 16. The first-order valence-corrected chi connectivity index (χ1v) is 20.0. The van der Waals surface area contributed by atoms with Crippen molar-refractivity contribution < 1.29 is 85.7 Å². The highest BCUT2D eigenvalue weighted by molar-refractivity contribution is 5.96. The SMILES string of the molecule is CC(=O)O[C@@]12CO[C@@H]1C[C@H](O)[C@@]1(C)C(=O)[C@H](OC(=O)N(C)C)C3=C(C)[C@@H](OC(=O)[C@H](O)[C@@H](NC(=O)OC(C)(C)C)C(F)(F)F)C[C@@](O)([C@@H](OC(=O)c4cccc(N=[N+]=[N-])c4)[C@H]21)C3(C)C. The number of alkyl carbamates (subject to hydrolysis) is 1. The Hall–Kier alpha value is -5.48. The predicted octanol–water partition coefficient (Wildman–Crippen LogP) is 4.10. The van der Waals surface area contributed by atoms with E-state index in [-0.39, 0.29) is 28.8 Å². The number of ether oxygens (including phenoxy) is 6. The van der Waals surface area contributed by atoms with Gasteiger partial charge in [0.1, 0.15) is 29.5 Å². The molecule has 0 spiro atoms. The molecule has 1 aromatic carbocycles. The topological polar surface area (TPSA) is 283 Å². The molecule has 3 aliphatic carbocycles. The maximum Gasteiger partial charge on any atom is 0.411 e. The second-order valence-corrected chi connectivity index (χ2v) is 18.3. The van der Waals surface area contributed by atoms with E-state index in [0.29, 0.717) is 0 Å². The summed E-state index contributed by atoms with van der Waals surface area (Å²) in [6.07, 6.45) is -21.7. The lowest BCUT2D eigenvalue weighted by Crippen LogP contribution is -2.82. The Balaban J connectivity index is 1.78. The van der Waals surface area contributed by atoms with E-state index >= 15 is 4.79 Å². The highest BCUT2D eigenvalue weighted by Crippen LogP contribution is 2.64. The van der Waals surface area contributed by atoms with Crippen molar-refractivity contribution in [2.45, 2.75) is 134 Å². The van der Waals surface area contributed by atoms with Gasteiger partial charge in [-0.15, -0.1) is 0 Å². The first-order valence-electron chi connectivity index (χ1n) is 20.0. The Morgan fingerprint density at radius 2 is 1.72 bits per heavy atom. The van der Waals surface area contributed by atoms with Crippen LogP contribution in [0.1, 0.15) is 78.6 Å². The third-order valence-electron chi connectivity index (χ3n) is 12.6. The van der Waals surface area contributed by atoms with Crippen LogP contribution in [0, 0.1) is 16.7 Å². The quantitative estimate of drug-likeness (QED) is 0.0678. The van der Waals surface area contributed by atoms with Crippen molar-refractivity contribution in [1.82, 2.24) is 10.2 Å². The van der Waals surface area contributed by atoms with Crippen LogP contribution in [0.3, 0.4) is 0 Å². The summed E-state index contributed by atoms with van der Waals surface area (Å²) in [4.78, 5) is 86.3. The molecule has 2 bridgehead atoms. The third-order valence-corrected chi connectivity index (χ3v) is 12.6. The summed E-state index contributed by atoms with van der Waals surface area (Å²) >= 11 is 0. The highest BCUT2D eigenvalue weighted by atomic mass is 19.4. The fraction of sp³-hybridized carbons (Fsp3) is 0.659. The Bertz CT molecular complexity index is 2170. The van der Waals surface area contributed by atoms with Crippen LogP contribution in [0.4, 0.5) is 28.4 Å². The van der Waals surface area contributed by atoms with Crippen LogP contribution in [0.2, 0.25) is 0 Å². The zero-order chi connectivity index (χ0) is 48.3. The van der Waals surface area contributed by atoms with Gasteiger partial charge in [0.15, 0.2) is 29.6 Å². The van der Waals surface area contributed by atoms with Crippen molar-refractivity contribution >= 4 is 41.6 Å². The molecule has 0 radical (unpaired) electrons. The summed E-state index contributed by atoms with van der Waals surface area (Å²) in [6, 6.07) is 1.80. The molecule has 0 unspecified atom stereocenters. The fourth-order valence-corrected chi connectivity index (χ4v) is 9.35. The summed E-state index contributed by atoms with van der Waals surface area (Å²) in [7, 11) is 2.57. The van der Waals surface area contributed by atoms with Gasteiger partial charge in [0.05, 0.1) is 29.6 Å². The van der Waals surface area contributed by atoms with E-state index in [1.807, 2.05) is 0 Å². The predicted molar refractivity (Wildman–Crippen MR) is 211 cm³/mol. The molecule has 20 nitrogen and oxygen atoms in total. The molecule has 3 fully saturated rings. The van der Waals surface area contributed by atoms with Gasteiger partial charge in [-0.1, -0.05) is 31.1 Å². The summed E-state index contributed by atoms with van der Waals surface area (Å²) in [5.74, 6) is -7.00. The zero-order valence-corrected chi connectivity index (χ0v) is 36.7. The molecule has 2 saturated carbocycles. The molecule has 23 heteroatoms. The van der Waals surface area contributed by atoms with Gasteiger partial charge in [0.2, 0.25) is 0 Å². The molecule has 2 amide bonds. The number of esters is 3. The Morgan fingerprint density at radius 1 is 1.08 bits per heavy atom. The molecule has 5 rings (SSSR count). The minimum Gasteiger partial charge on any atom is -0.456 e. The number of rotatable bonds is 9. The van der Waals surface area contributed by atoms with Gasteiger partial charge in [-0.05, 0) is 63.4 Å². The van der Waals surface area contributed by atoms with E-state index in [2.05, 4.69) is 10.0 Å². The van der Waals surface area contributed by atoms with Gasteiger partial charge in [-0.3, -0.25) is 9.59 Å². The standard InChI is InChI=1S/C41H52F3N5O15/c1-18-22(60-33(55)26(52)29(41(42,43)44)46-34(56)64-36(3,4)5)16-40(58)31(62-32(54)20-12-11-13-21(14-20)47-48-45)28-38(8,23(51)15-24-39(28,17-59-24)63-19(2)50)30(53)27(25(18)37(40,6)7)61-35(57)49(9)10/h11-14,22-24,26-29,31,51-52,58H,15-17H2,1-10H3,(H,46,56)/t22-,23-,24+,26+,27+,28-,29+,31-,38+,39-,40+/m0/s1. The Morgan fingerprint density at radius 3 is 2.25 bits per heavy atom. The van der Waals surface area contributed by atoms with E-state index in [1.165, 1.54) is 86.1 Å². The number of benzene rings is 1. The molecular weight excluding hydrogens is 859 g/mol. The summed E-state index contributed by atoms with van der Waals surface area (Å²) < 4.78 is 77.5. The van der Waals surface area contributed by atoms with Crippen molar-refractivity contribution in [3.63, 3.8) is 0 Å². The molecule has 11 atom stereocenters. The van der Waals surface area contributed by atoms with Crippen LogP contribution >= 0.6 is 0 Å². The van der Waals surface area contributed by atoms with Crippen molar-refractivity contribution in [2.75, 3.05) is 20.7 Å². The first-order chi connectivity index (χ1) is 29.4. The van der Waals surface area contributed by atoms with Gasteiger partial charge < -0.3 is 54.0 Å². The monoisotopic (exact) mass is 911 g/mol. The van der Waals surface area contributed by atoms with Crippen molar-refractivity contribution in [2.24, 2.45) is 21.9 Å². The van der Waals surface area contributed by atoms with Gasteiger partial charge in [-0.25, -0.2) is 19.2 Å². The highest BCUT2D eigenvalue weighted by Gasteiger charge is 2.78. The molecule has 64 heavy (non-hydrogen) atoms. The molecule has 4 N–H and O–H groups in total. The van der Waals surface area contributed by atoms with Crippen molar-refractivity contribution in [1.29, 1.82) is 0 Å². The lowest BCUT2D eigenvalue weighted by atomic mass is 9.44. The average Bonchev–Trinajstić information content (AvgIpc) is 3.16. The van der Waals surface area contributed by atoms with Gasteiger partial charge in [0.25, 0.3) is 0 Å². The number of aliphatic hydroxyl groups excluding tert-OH is 2. The maximum atomic E-state index is 15.6. The zero-order valence-electron chi connectivity index (χ0n) is 36.7. The van der Waals surface area contributed by atoms with Crippen LogP contribution in [-0.2, 0) is 42.8 Å². The number of azide groups is 1. The summed E-state index contributed by atoms with van der Waals surface area (Å²) in [5.41, 5.74) is -1.91. The second-order valence-electron chi connectivity index (χ2n) is 18.3. The minimum atomic E-state index is -5.48. The third kappa shape index (κ3) is 8.70. The summed E-state index contributed by atoms with van der Waals surface area (Å²) in [6.45, 7) is 9.88. The first kappa shape index (κ1) is 49.5. The lowest BCUT2D eigenvalue weighted by molar-refractivity contribution is -0.345. The number of alkyl halides is 3. The minimum absolute atomic E-state index is 0.0430. The number of amides is 2. The van der Waals surface area contributed by atoms with Crippen molar-refractivity contribution in [3.8, 4) is 0 Å². The molecule has 1 aromatic rings. The number of aliphatic hydroxyl groups is 3. The molecule has 1 heterocycles. The second kappa shape index (κ2) is 17.1. The number of nitrogens with zero attached hydrogens (tertiary/aromatic N) is 4. The number of Topliss-reactive ketones (excluding diaryl/α,β-unsaturated/α-hetero) is 1. The van der Waals surface area contributed by atoms with Crippen LogP contribution < -0.4 is 5.32 Å². The molecule has 1 saturated heterocycles. The number of fused-ring (bicyclic) bond motifs is 5. The van der Waals surface area contributed by atoms with Crippen LogP contribution in [-0.4, -0.2) is 142 Å². The Labute approximate surface area is 364 Å². The van der Waals surface area contributed by atoms with Crippen LogP contribution in [0.5, 0.6) is 0 Å². The largest absolute Gasteiger partial charge is 0.456 e.